The fourth-order valence-electron chi connectivity index (χ4n) is 3.03. The third kappa shape index (κ3) is 2.70. The predicted octanol–water partition coefficient (Wildman–Crippen LogP) is 2.63. The highest BCUT2D eigenvalue weighted by Crippen LogP contribution is 2.44. The Balaban J connectivity index is 1.86. The molecule has 0 fully saturated rings. The van der Waals surface area contributed by atoms with Crippen LogP contribution in [-0.2, 0) is 4.74 Å². The van der Waals surface area contributed by atoms with Crippen molar-refractivity contribution in [1.29, 1.82) is 0 Å². The highest BCUT2D eigenvalue weighted by atomic mass is 16.6. The maximum absolute atomic E-state index is 10.2. The van der Waals surface area contributed by atoms with Crippen molar-refractivity contribution in [2.75, 3.05) is 33.1 Å². The number of benzene rings is 1. The van der Waals surface area contributed by atoms with Crippen LogP contribution in [0, 0.1) is 0 Å². The number of aliphatic hydroxyl groups excluding tert-OH is 1. The lowest BCUT2D eigenvalue weighted by Gasteiger charge is -2.24. The molecule has 1 heterocycles. The lowest BCUT2D eigenvalue weighted by molar-refractivity contribution is -0.109. The third-order valence-electron chi connectivity index (χ3n) is 4.47. The molecule has 1 aliphatic carbocycles. The molecule has 118 valence electrons. The lowest BCUT2D eigenvalue weighted by Crippen LogP contribution is -2.26. The molecule has 4 nitrogen and oxygen atoms in total. The summed E-state index contributed by atoms with van der Waals surface area (Å²) < 4.78 is 5.81. The molecular formula is C18H24N2O2. The van der Waals surface area contributed by atoms with Gasteiger partial charge in [-0.15, -0.1) is 0 Å². The summed E-state index contributed by atoms with van der Waals surface area (Å²) in [6.07, 6.45) is 6.51. The molecular weight excluding hydrogens is 276 g/mol. The van der Waals surface area contributed by atoms with E-state index >= 15 is 0 Å². The Kier molecular flexibility index (Phi) is 4.08. The second kappa shape index (κ2) is 5.88. The molecule has 0 saturated carbocycles. The number of likely N-dealkylation sites (N-methyl/N-ethyl adjacent to an activating group) is 1. The van der Waals surface area contributed by atoms with E-state index in [9.17, 15) is 5.11 Å². The highest BCUT2D eigenvalue weighted by Gasteiger charge is 2.33. The SMILES string of the molecule is CN(C)c1ccc2c(c1)C(O)OC2C1=CCC(N(C)C)C=C1. The van der Waals surface area contributed by atoms with E-state index in [-0.39, 0.29) is 6.10 Å². The minimum Gasteiger partial charge on any atom is -0.378 e. The monoisotopic (exact) mass is 300 g/mol. The van der Waals surface area contributed by atoms with E-state index in [1.54, 1.807) is 0 Å². The van der Waals surface area contributed by atoms with Crippen LogP contribution in [0.5, 0.6) is 0 Å². The van der Waals surface area contributed by atoms with Gasteiger partial charge in [0.1, 0.15) is 6.10 Å². The zero-order chi connectivity index (χ0) is 15.9. The van der Waals surface area contributed by atoms with Gasteiger partial charge in [0.25, 0.3) is 0 Å². The van der Waals surface area contributed by atoms with Gasteiger partial charge in [0.2, 0.25) is 0 Å². The summed E-state index contributed by atoms with van der Waals surface area (Å²) in [5, 5.41) is 10.2. The van der Waals surface area contributed by atoms with E-state index in [0.717, 1.165) is 28.8 Å². The molecule has 1 N–H and O–H groups in total. The first-order chi connectivity index (χ1) is 10.5. The van der Waals surface area contributed by atoms with Crippen LogP contribution in [0.3, 0.4) is 0 Å². The van der Waals surface area contributed by atoms with Crippen LogP contribution >= 0.6 is 0 Å². The van der Waals surface area contributed by atoms with E-state index in [0.29, 0.717) is 6.04 Å². The Morgan fingerprint density at radius 1 is 1.14 bits per heavy atom. The van der Waals surface area contributed by atoms with E-state index in [4.69, 9.17) is 4.74 Å². The zero-order valence-electron chi connectivity index (χ0n) is 13.7. The number of hydrogen-bond donors (Lipinski definition) is 1. The van der Waals surface area contributed by atoms with Gasteiger partial charge in [-0.1, -0.05) is 24.3 Å². The van der Waals surface area contributed by atoms with E-state index < -0.39 is 6.29 Å². The van der Waals surface area contributed by atoms with E-state index in [1.807, 2.05) is 25.1 Å². The number of rotatable bonds is 3. The average Bonchev–Trinajstić information content (AvgIpc) is 2.84. The summed E-state index contributed by atoms with van der Waals surface area (Å²) in [4.78, 5) is 4.23. The van der Waals surface area contributed by atoms with Crippen molar-refractivity contribution in [3.05, 3.63) is 53.1 Å². The second-order valence-corrected chi connectivity index (χ2v) is 6.41. The first-order valence-electron chi connectivity index (χ1n) is 7.66. The van der Waals surface area contributed by atoms with Crippen molar-refractivity contribution in [2.45, 2.75) is 24.9 Å². The molecule has 3 rings (SSSR count). The largest absolute Gasteiger partial charge is 0.378 e. The third-order valence-corrected chi connectivity index (χ3v) is 4.47. The van der Waals surface area contributed by atoms with Crippen molar-refractivity contribution in [2.24, 2.45) is 0 Å². The zero-order valence-corrected chi connectivity index (χ0v) is 13.7. The predicted molar refractivity (Wildman–Crippen MR) is 88.9 cm³/mol. The van der Waals surface area contributed by atoms with Gasteiger partial charge in [-0.2, -0.15) is 0 Å². The van der Waals surface area contributed by atoms with Gasteiger partial charge in [-0.25, -0.2) is 0 Å². The summed E-state index contributed by atoms with van der Waals surface area (Å²) in [6.45, 7) is 0. The molecule has 0 spiro atoms. The van der Waals surface area contributed by atoms with Gasteiger partial charge in [0.05, 0.1) is 0 Å². The lowest BCUT2D eigenvalue weighted by atomic mass is 9.93. The number of hydrogen-bond acceptors (Lipinski definition) is 4. The highest BCUT2D eigenvalue weighted by molar-refractivity contribution is 5.54. The van der Waals surface area contributed by atoms with Crippen LogP contribution in [0.15, 0.2) is 42.0 Å². The molecule has 4 heteroatoms. The van der Waals surface area contributed by atoms with Crippen LogP contribution in [0.1, 0.15) is 29.9 Å². The maximum atomic E-state index is 10.2. The quantitative estimate of drug-likeness (QED) is 0.931. The molecule has 1 aromatic carbocycles. The minimum atomic E-state index is -0.847. The van der Waals surface area contributed by atoms with Crippen molar-refractivity contribution < 1.29 is 9.84 Å². The molecule has 1 aliphatic heterocycles. The first-order valence-corrected chi connectivity index (χ1v) is 7.66. The van der Waals surface area contributed by atoms with Crippen molar-refractivity contribution in [1.82, 2.24) is 4.90 Å². The van der Waals surface area contributed by atoms with Gasteiger partial charge >= 0.3 is 0 Å². The van der Waals surface area contributed by atoms with Crippen molar-refractivity contribution in [3.8, 4) is 0 Å². The summed E-state index contributed by atoms with van der Waals surface area (Å²) in [5.41, 5.74) is 4.15. The van der Waals surface area contributed by atoms with E-state index in [2.05, 4.69) is 49.4 Å². The van der Waals surface area contributed by atoms with Gasteiger partial charge in [-0.05, 0) is 43.8 Å². The topological polar surface area (TPSA) is 35.9 Å². The number of nitrogens with zero attached hydrogens (tertiary/aromatic N) is 2. The standard InChI is InChI=1S/C18H24N2O2/c1-19(2)13-7-5-12(6-8-13)17-15-10-9-14(20(3)4)11-16(15)18(21)22-17/h5-7,9-11,13,17-18,21H,8H2,1-4H3. The number of aliphatic hydroxyl groups is 1. The molecule has 0 amide bonds. The summed E-state index contributed by atoms with van der Waals surface area (Å²) in [7, 11) is 8.16. The van der Waals surface area contributed by atoms with E-state index in [1.165, 1.54) is 0 Å². The molecule has 0 bridgehead atoms. The van der Waals surface area contributed by atoms with Crippen molar-refractivity contribution in [3.63, 3.8) is 0 Å². The van der Waals surface area contributed by atoms with Crippen LogP contribution in [0.25, 0.3) is 0 Å². The number of anilines is 1. The molecule has 0 saturated heterocycles. The Morgan fingerprint density at radius 2 is 1.91 bits per heavy atom. The Hall–Kier alpha value is -1.62. The minimum absolute atomic E-state index is 0.166. The Morgan fingerprint density at radius 3 is 2.50 bits per heavy atom. The van der Waals surface area contributed by atoms with Crippen LogP contribution < -0.4 is 4.90 Å². The summed E-state index contributed by atoms with van der Waals surface area (Å²) >= 11 is 0. The first kappa shape index (κ1) is 15.3. The maximum Gasteiger partial charge on any atom is 0.182 e. The molecule has 2 aliphatic rings. The Labute approximate surface area is 132 Å². The fourth-order valence-corrected chi connectivity index (χ4v) is 3.03. The van der Waals surface area contributed by atoms with Crippen LogP contribution in [0.4, 0.5) is 5.69 Å². The van der Waals surface area contributed by atoms with Gasteiger partial charge in [-0.3, -0.25) is 0 Å². The molecule has 3 unspecified atom stereocenters. The Bertz CT molecular complexity index is 620. The smallest absolute Gasteiger partial charge is 0.182 e. The van der Waals surface area contributed by atoms with Crippen LogP contribution in [0.2, 0.25) is 0 Å². The van der Waals surface area contributed by atoms with Gasteiger partial charge < -0.3 is 19.6 Å². The molecule has 1 aromatic rings. The van der Waals surface area contributed by atoms with Gasteiger partial charge in [0.15, 0.2) is 6.29 Å². The molecule has 0 radical (unpaired) electrons. The normalized spacial score (nSPS) is 27.0. The summed E-state index contributed by atoms with van der Waals surface area (Å²) in [5.74, 6) is 0. The number of fused-ring (bicyclic) bond motifs is 1. The molecule has 3 atom stereocenters. The summed E-state index contributed by atoms with van der Waals surface area (Å²) in [6, 6.07) is 6.59. The van der Waals surface area contributed by atoms with Gasteiger partial charge in [0, 0.05) is 31.4 Å². The molecule has 22 heavy (non-hydrogen) atoms. The fraction of sp³-hybridized carbons (Fsp3) is 0.444. The second-order valence-electron chi connectivity index (χ2n) is 6.41. The van der Waals surface area contributed by atoms with Crippen LogP contribution in [-0.4, -0.2) is 44.2 Å². The average molecular weight is 300 g/mol. The molecule has 0 aromatic heterocycles. The number of ether oxygens (including phenoxy) is 1. The van der Waals surface area contributed by atoms with Crippen molar-refractivity contribution >= 4 is 5.69 Å².